The lowest BCUT2D eigenvalue weighted by atomic mass is 10.1. The van der Waals surface area contributed by atoms with E-state index in [0.717, 1.165) is 5.69 Å². The minimum absolute atomic E-state index is 0.0308. The molecule has 0 radical (unpaired) electrons. The highest BCUT2D eigenvalue weighted by Crippen LogP contribution is 2.13. The Bertz CT molecular complexity index is 590. The molecule has 0 saturated heterocycles. The third kappa shape index (κ3) is 3.23. The summed E-state index contributed by atoms with van der Waals surface area (Å²) >= 11 is 0. The number of aryl methyl sites for hydroxylation is 2. The largest absolute Gasteiger partial charge is 0.335 e. The summed E-state index contributed by atoms with van der Waals surface area (Å²) in [6, 6.07) is 11.9. The van der Waals surface area contributed by atoms with Gasteiger partial charge in [0.1, 0.15) is 0 Å². The highest BCUT2D eigenvalue weighted by molar-refractivity contribution is 5.93. The van der Waals surface area contributed by atoms with Gasteiger partial charge in [-0.05, 0) is 44.0 Å². The first kappa shape index (κ1) is 14.3. The van der Waals surface area contributed by atoms with E-state index in [2.05, 4.69) is 24.0 Å². The Morgan fingerprint density at radius 2 is 1.90 bits per heavy atom. The minimum atomic E-state index is 0.0308. The number of aromatic nitrogens is 1. The van der Waals surface area contributed by atoms with Gasteiger partial charge in [-0.3, -0.25) is 9.78 Å². The van der Waals surface area contributed by atoms with E-state index >= 15 is 0 Å². The highest BCUT2D eigenvalue weighted by atomic mass is 16.2. The van der Waals surface area contributed by atoms with Crippen molar-refractivity contribution in [1.82, 2.24) is 9.88 Å². The third-order valence-corrected chi connectivity index (χ3v) is 3.45. The van der Waals surface area contributed by atoms with Crippen molar-refractivity contribution >= 4 is 5.91 Å². The summed E-state index contributed by atoms with van der Waals surface area (Å²) in [5.41, 5.74) is 3.96. The van der Waals surface area contributed by atoms with Gasteiger partial charge in [0.15, 0.2) is 0 Å². The van der Waals surface area contributed by atoms with Crippen molar-refractivity contribution in [3.8, 4) is 0 Å². The van der Waals surface area contributed by atoms with E-state index < -0.39 is 0 Å². The van der Waals surface area contributed by atoms with Gasteiger partial charge in [0.25, 0.3) is 5.91 Å². The first-order valence-electron chi connectivity index (χ1n) is 6.88. The molecule has 0 fully saturated rings. The SMILES string of the molecule is CCN(Cc1ccccc1C)C(=O)c1ccc(C)nc1. The lowest BCUT2D eigenvalue weighted by Gasteiger charge is -2.22. The van der Waals surface area contributed by atoms with E-state index in [4.69, 9.17) is 0 Å². The molecule has 1 amide bonds. The molecule has 3 nitrogen and oxygen atoms in total. The zero-order chi connectivity index (χ0) is 14.5. The standard InChI is InChI=1S/C17H20N2O/c1-4-19(12-16-8-6-5-7-13(16)2)17(20)15-10-9-14(3)18-11-15/h5-11H,4,12H2,1-3H3. The summed E-state index contributed by atoms with van der Waals surface area (Å²) in [7, 11) is 0. The van der Waals surface area contributed by atoms with Crippen LogP contribution in [0, 0.1) is 13.8 Å². The summed E-state index contributed by atoms with van der Waals surface area (Å²) < 4.78 is 0. The summed E-state index contributed by atoms with van der Waals surface area (Å²) in [5, 5.41) is 0. The molecule has 2 rings (SSSR count). The van der Waals surface area contributed by atoms with Crippen molar-refractivity contribution in [1.29, 1.82) is 0 Å². The molecule has 0 atom stereocenters. The van der Waals surface area contributed by atoms with Gasteiger partial charge in [0.2, 0.25) is 0 Å². The molecule has 0 N–H and O–H groups in total. The molecule has 0 spiro atoms. The van der Waals surface area contributed by atoms with E-state index in [1.54, 1.807) is 6.20 Å². The van der Waals surface area contributed by atoms with E-state index in [1.807, 2.05) is 43.0 Å². The number of carbonyl (C=O) groups excluding carboxylic acids is 1. The van der Waals surface area contributed by atoms with E-state index in [-0.39, 0.29) is 5.91 Å². The van der Waals surface area contributed by atoms with Crippen molar-refractivity contribution in [3.63, 3.8) is 0 Å². The molecule has 0 aliphatic heterocycles. The Balaban J connectivity index is 2.18. The van der Waals surface area contributed by atoms with E-state index in [1.165, 1.54) is 11.1 Å². The van der Waals surface area contributed by atoms with E-state index in [9.17, 15) is 4.79 Å². The molecule has 0 aliphatic carbocycles. The van der Waals surface area contributed by atoms with Gasteiger partial charge in [-0.2, -0.15) is 0 Å². The van der Waals surface area contributed by atoms with Gasteiger partial charge in [-0.15, -0.1) is 0 Å². The maximum absolute atomic E-state index is 12.5. The molecule has 1 heterocycles. The summed E-state index contributed by atoms with van der Waals surface area (Å²) in [6.45, 7) is 7.30. The Morgan fingerprint density at radius 3 is 2.50 bits per heavy atom. The van der Waals surface area contributed by atoms with Crippen LogP contribution in [-0.4, -0.2) is 22.3 Å². The molecular formula is C17H20N2O. The van der Waals surface area contributed by atoms with Gasteiger partial charge in [0.05, 0.1) is 5.56 Å². The van der Waals surface area contributed by atoms with Crippen molar-refractivity contribution in [2.45, 2.75) is 27.3 Å². The molecule has 3 heteroatoms. The van der Waals surface area contributed by atoms with Gasteiger partial charge in [0, 0.05) is 25.0 Å². The van der Waals surface area contributed by atoms with Crippen LogP contribution in [0.4, 0.5) is 0 Å². The third-order valence-electron chi connectivity index (χ3n) is 3.45. The van der Waals surface area contributed by atoms with Crippen LogP contribution in [0.5, 0.6) is 0 Å². The topological polar surface area (TPSA) is 33.2 Å². The second kappa shape index (κ2) is 6.33. The van der Waals surface area contributed by atoms with Crippen LogP contribution in [0.15, 0.2) is 42.6 Å². The van der Waals surface area contributed by atoms with Crippen molar-refractivity contribution in [2.75, 3.05) is 6.54 Å². The number of carbonyl (C=O) groups is 1. The second-order valence-corrected chi connectivity index (χ2v) is 4.93. The fourth-order valence-electron chi connectivity index (χ4n) is 2.10. The lowest BCUT2D eigenvalue weighted by Crippen LogP contribution is -2.30. The normalized spacial score (nSPS) is 10.3. The summed E-state index contributed by atoms with van der Waals surface area (Å²) in [4.78, 5) is 18.5. The monoisotopic (exact) mass is 268 g/mol. The van der Waals surface area contributed by atoms with E-state index in [0.29, 0.717) is 18.7 Å². The Morgan fingerprint density at radius 1 is 1.15 bits per heavy atom. The average Bonchev–Trinajstić information content (AvgIpc) is 2.46. The number of hydrogen-bond acceptors (Lipinski definition) is 2. The molecule has 0 bridgehead atoms. The Hall–Kier alpha value is -2.16. The fourth-order valence-corrected chi connectivity index (χ4v) is 2.10. The van der Waals surface area contributed by atoms with Crippen molar-refractivity contribution < 1.29 is 4.79 Å². The maximum atomic E-state index is 12.5. The first-order chi connectivity index (χ1) is 9.61. The predicted molar refractivity (Wildman–Crippen MR) is 80.6 cm³/mol. The number of nitrogens with zero attached hydrogens (tertiary/aromatic N) is 2. The smallest absolute Gasteiger partial charge is 0.255 e. The Kier molecular flexibility index (Phi) is 4.51. The predicted octanol–water partition coefficient (Wildman–Crippen LogP) is 3.36. The molecule has 0 saturated carbocycles. The molecule has 0 unspecified atom stereocenters. The van der Waals surface area contributed by atoms with Crippen molar-refractivity contribution in [3.05, 3.63) is 65.0 Å². The fraction of sp³-hybridized carbons (Fsp3) is 0.294. The highest BCUT2D eigenvalue weighted by Gasteiger charge is 2.15. The van der Waals surface area contributed by atoms with Crippen LogP contribution < -0.4 is 0 Å². The van der Waals surface area contributed by atoms with Crippen LogP contribution in [0.3, 0.4) is 0 Å². The molecule has 0 aliphatic rings. The average molecular weight is 268 g/mol. The number of rotatable bonds is 4. The first-order valence-corrected chi connectivity index (χ1v) is 6.88. The molecule has 2 aromatic rings. The number of pyridine rings is 1. The second-order valence-electron chi connectivity index (χ2n) is 4.93. The van der Waals surface area contributed by atoms with Gasteiger partial charge in [-0.1, -0.05) is 24.3 Å². The van der Waals surface area contributed by atoms with Crippen LogP contribution in [-0.2, 0) is 6.54 Å². The van der Waals surface area contributed by atoms with Crippen LogP contribution in [0.25, 0.3) is 0 Å². The summed E-state index contributed by atoms with van der Waals surface area (Å²) in [5.74, 6) is 0.0308. The molecule has 20 heavy (non-hydrogen) atoms. The molecule has 1 aromatic heterocycles. The van der Waals surface area contributed by atoms with Crippen LogP contribution >= 0.6 is 0 Å². The maximum Gasteiger partial charge on any atom is 0.255 e. The Labute approximate surface area is 120 Å². The lowest BCUT2D eigenvalue weighted by molar-refractivity contribution is 0.0752. The zero-order valence-electron chi connectivity index (χ0n) is 12.3. The zero-order valence-corrected chi connectivity index (χ0v) is 12.3. The van der Waals surface area contributed by atoms with Gasteiger partial charge >= 0.3 is 0 Å². The van der Waals surface area contributed by atoms with Gasteiger partial charge in [-0.25, -0.2) is 0 Å². The van der Waals surface area contributed by atoms with Crippen LogP contribution in [0.1, 0.15) is 34.1 Å². The number of hydrogen-bond donors (Lipinski definition) is 0. The molecule has 1 aromatic carbocycles. The van der Waals surface area contributed by atoms with Crippen molar-refractivity contribution in [2.24, 2.45) is 0 Å². The molecule has 104 valence electrons. The quantitative estimate of drug-likeness (QED) is 0.852. The van der Waals surface area contributed by atoms with Crippen LogP contribution in [0.2, 0.25) is 0 Å². The number of benzene rings is 1. The number of amides is 1. The summed E-state index contributed by atoms with van der Waals surface area (Å²) in [6.07, 6.45) is 1.65. The van der Waals surface area contributed by atoms with Gasteiger partial charge < -0.3 is 4.90 Å². The minimum Gasteiger partial charge on any atom is -0.335 e. The molecular weight excluding hydrogens is 248 g/mol.